The second kappa shape index (κ2) is 5.78. The summed E-state index contributed by atoms with van der Waals surface area (Å²) in [4.78, 5) is 11.4. The first-order valence-electron chi connectivity index (χ1n) is 8.13. The predicted molar refractivity (Wildman–Crippen MR) is 86.9 cm³/mol. The minimum absolute atomic E-state index is 0.561. The van der Waals surface area contributed by atoms with Gasteiger partial charge in [0.1, 0.15) is 0 Å². The van der Waals surface area contributed by atoms with Crippen LogP contribution in [0.5, 0.6) is 0 Å². The molecule has 0 unspecified atom stereocenters. The number of aromatic nitrogens is 2. The van der Waals surface area contributed by atoms with Crippen LogP contribution >= 0.6 is 0 Å². The van der Waals surface area contributed by atoms with Gasteiger partial charge >= 0.3 is 0 Å². The van der Waals surface area contributed by atoms with E-state index >= 15 is 0 Å². The third-order valence-electron chi connectivity index (χ3n) is 4.81. The Morgan fingerprint density at radius 3 is 3.05 bits per heavy atom. The Balaban J connectivity index is 1.58. The van der Waals surface area contributed by atoms with Crippen LogP contribution in [0.15, 0.2) is 30.6 Å². The van der Waals surface area contributed by atoms with Gasteiger partial charge in [-0.15, -0.1) is 0 Å². The topological polar surface area (TPSA) is 41.1 Å². The van der Waals surface area contributed by atoms with Gasteiger partial charge in [0.05, 0.1) is 11.4 Å². The number of hydrogen-bond donors (Lipinski definition) is 1. The van der Waals surface area contributed by atoms with Crippen LogP contribution < -0.4 is 5.32 Å². The van der Waals surface area contributed by atoms with E-state index in [9.17, 15) is 0 Å². The summed E-state index contributed by atoms with van der Waals surface area (Å²) >= 11 is 0. The lowest BCUT2D eigenvalue weighted by Gasteiger charge is -2.41. The molecule has 0 amide bonds. The SMILES string of the molecule is Cc1cnc(Cc2ccc3c(c2)CCN2CCNC[C@H]32)cn1. The number of rotatable bonds is 2. The van der Waals surface area contributed by atoms with E-state index in [1.54, 1.807) is 0 Å². The molecule has 114 valence electrons. The number of aryl methyl sites for hydroxylation is 1. The number of hydrogen-bond acceptors (Lipinski definition) is 4. The highest BCUT2D eigenvalue weighted by Crippen LogP contribution is 2.31. The molecule has 0 aliphatic carbocycles. The van der Waals surface area contributed by atoms with Gasteiger partial charge in [0, 0.05) is 51.0 Å². The van der Waals surface area contributed by atoms with Crippen molar-refractivity contribution in [3.05, 3.63) is 58.7 Å². The lowest BCUT2D eigenvalue weighted by atomic mass is 9.89. The fourth-order valence-corrected chi connectivity index (χ4v) is 3.62. The molecule has 1 fully saturated rings. The van der Waals surface area contributed by atoms with Crippen molar-refractivity contribution in [1.82, 2.24) is 20.2 Å². The first kappa shape index (κ1) is 13.9. The molecule has 4 heteroatoms. The monoisotopic (exact) mass is 294 g/mol. The summed E-state index contributed by atoms with van der Waals surface area (Å²) in [6.45, 7) is 6.53. The normalized spacial score (nSPS) is 21.2. The van der Waals surface area contributed by atoms with E-state index in [0.717, 1.165) is 30.9 Å². The molecule has 0 radical (unpaired) electrons. The molecule has 0 saturated carbocycles. The van der Waals surface area contributed by atoms with E-state index < -0.39 is 0 Å². The average molecular weight is 294 g/mol. The van der Waals surface area contributed by atoms with Crippen LogP contribution in [0.25, 0.3) is 0 Å². The van der Waals surface area contributed by atoms with E-state index in [-0.39, 0.29) is 0 Å². The summed E-state index contributed by atoms with van der Waals surface area (Å²) in [6, 6.07) is 7.53. The zero-order valence-electron chi connectivity index (χ0n) is 13.0. The molecule has 1 N–H and O–H groups in total. The zero-order chi connectivity index (χ0) is 14.9. The van der Waals surface area contributed by atoms with E-state index in [4.69, 9.17) is 0 Å². The van der Waals surface area contributed by atoms with Gasteiger partial charge in [-0.1, -0.05) is 18.2 Å². The molecule has 0 bridgehead atoms. The van der Waals surface area contributed by atoms with Gasteiger partial charge in [0.2, 0.25) is 0 Å². The number of piperazine rings is 1. The molecule has 22 heavy (non-hydrogen) atoms. The predicted octanol–water partition coefficient (Wildman–Crippen LogP) is 1.88. The number of nitrogens with zero attached hydrogens (tertiary/aromatic N) is 3. The maximum atomic E-state index is 4.47. The van der Waals surface area contributed by atoms with Gasteiger partial charge in [-0.05, 0) is 30.0 Å². The molecular weight excluding hydrogens is 272 g/mol. The van der Waals surface area contributed by atoms with Crippen molar-refractivity contribution in [3.63, 3.8) is 0 Å². The molecule has 3 heterocycles. The molecule has 2 aliphatic rings. The van der Waals surface area contributed by atoms with Gasteiger partial charge in [-0.3, -0.25) is 14.9 Å². The fraction of sp³-hybridized carbons (Fsp3) is 0.444. The smallest absolute Gasteiger partial charge is 0.0630 e. The van der Waals surface area contributed by atoms with Gasteiger partial charge in [0.15, 0.2) is 0 Å². The number of benzene rings is 1. The fourth-order valence-electron chi connectivity index (χ4n) is 3.62. The minimum Gasteiger partial charge on any atom is -0.314 e. The molecule has 2 aromatic rings. The van der Waals surface area contributed by atoms with Crippen LogP contribution in [0.4, 0.5) is 0 Å². The maximum Gasteiger partial charge on any atom is 0.0630 e. The largest absolute Gasteiger partial charge is 0.314 e. The molecule has 1 aromatic heterocycles. The van der Waals surface area contributed by atoms with Crippen LogP contribution in [-0.4, -0.2) is 41.0 Å². The lowest BCUT2D eigenvalue weighted by molar-refractivity contribution is 0.152. The molecule has 0 spiro atoms. The van der Waals surface area contributed by atoms with Crippen molar-refractivity contribution >= 4 is 0 Å². The molecule has 1 atom stereocenters. The summed E-state index contributed by atoms with van der Waals surface area (Å²) in [5.74, 6) is 0. The van der Waals surface area contributed by atoms with Crippen LogP contribution in [0.2, 0.25) is 0 Å². The summed E-state index contributed by atoms with van der Waals surface area (Å²) in [6.07, 6.45) is 5.77. The van der Waals surface area contributed by atoms with Crippen LogP contribution in [-0.2, 0) is 12.8 Å². The maximum absolute atomic E-state index is 4.47. The van der Waals surface area contributed by atoms with Gasteiger partial charge in [-0.25, -0.2) is 0 Å². The highest BCUT2D eigenvalue weighted by molar-refractivity contribution is 5.38. The standard InChI is InChI=1S/C18H22N4/c1-13-10-21-16(11-20-13)9-14-2-3-17-15(8-14)4-6-22-7-5-19-12-18(17)22/h2-3,8,10-11,18-19H,4-7,9,12H2,1H3/t18-/m1/s1. The molecule has 2 aliphatic heterocycles. The van der Waals surface area contributed by atoms with Crippen molar-refractivity contribution in [3.8, 4) is 0 Å². The Morgan fingerprint density at radius 2 is 2.18 bits per heavy atom. The second-order valence-corrected chi connectivity index (χ2v) is 6.36. The molecule has 4 rings (SSSR count). The molecule has 1 saturated heterocycles. The van der Waals surface area contributed by atoms with Gasteiger partial charge < -0.3 is 5.32 Å². The van der Waals surface area contributed by atoms with Gasteiger partial charge in [-0.2, -0.15) is 0 Å². The quantitative estimate of drug-likeness (QED) is 0.918. The minimum atomic E-state index is 0.561. The van der Waals surface area contributed by atoms with Crippen molar-refractivity contribution < 1.29 is 0 Å². The Labute approximate surface area is 131 Å². The van der Waals surface area contributed by atoms with Crippen LogP contribution in [0.1, 0.15) is 34.1 Å². The van der Waals surface area contributed by atoms with Crippen molar-refractivity contribution in [1.29, 1.82) is 0 Å². The van der Waals surface area contributed by atoms with Crippen LogP contribution in [0.3, 0.4) is 0 Å². The molecule has 1 aromatic carbocycles. The molecular formula is C18H22N4. The molecule has 4 nitrogen and oxygen atoms in total. The highest BCUT2D eigenvalue weighted by Gasteiger charge is 2.29. The van der Waals surface area contributed by atoms with E-state index in [1.165, 1.54) is 36.2 Å². The van der Waals surface area contributed by atoms with E-state index in [1.807, 2.05) is 19.3 Å². The summed E-state index contributed by atoms with van der Waals surface area (Å²) in [5, 5.41) is 3.52. The summed E-state index contributed by atoms with van der Waals surface area (Å²) in [7, 11) is 0. The second-order valence-electron chi connectivity index (χ2n) is 6.36. The number of nitrogens with one attached hydrogen (secondary N) is 1. The Bertz CT molecular complexity index is 665. The third-order valence-corrected chi connectivity index (χ3v) is 4.81. The Hall–Kier alpha value is -1.78. The Kier molecular flexibility index (Phi) is 3.64. The summed E-state index contributed by atoms with van der Waals surface area (Å²) in [5.41, 5.74) is 6.38. The average Bonchev–Trinajstić information content (AvgIpc) is 2.57. The first-order chi connectivity index (χ1) is 10.8. The highest BCUT2D eigenvalue weighted by atomic mass is 15.2. The number of fused-ring (bicyclic) bond motifs is 3. The van der Waals surface area contributed by atoms with E-state index in [0.29, 0.717) is 6.04 Å². The van der Waals surface area contributed by atoms with E-state index in [2.05, 4.69) is 38.4 Å². The van der Waals surface area contributed by atoms with Crippen molar-refractivity contribution in [2.24, 2.45) is 0 Å². The van der Waals surface area contributed by atoms with Crippen LogP contribution in [0, 0.1) is 6.92 Å². The third kappa shape index (κ3) is 2.64. The first-order valence-corrected chi connectivity index (χ1v) is 8.13. The van der Waals surface area contributed by atoms with Crippen molar-refractivity contribution in [2.45, 2.75) is 25.8 Å². The van der Waals surface area contributed by atoms with Gasteiger partial charge in [0.25, 0.3) is 0 Å². The lowest BCUT2D eigenvalue weighted by Crippen LogP contribution is -2.48. The van der Waals surface area contributed by atoms with Crippen molar-refractivity contribution in [2.75, 3.05) is 26.2 Å². The Morgan fingerprint density at radius 1 is 1.23 bits per heavy atom. The summed E-state index contributed by atoms with van der Waals surface area (Å²) < 4.78 is 0. The zero-order valence-corrected chi connectivity index (χ0v) is 13.0.